The van der Waals surface area contributed by atoms with Gasteiger partial charge >= 0.3 is 0 Å². The van der Waals surface area contributed by atoms with Crippen LogP contribution in [0.25, 0.3) is 11.3 Å². The van der Waals surface area contributed by atoms with Crippen LogP contribution in [0.2, 0.25) is 5.02 Å². The highest BCUT2D eigenvalue weighted by atomic mass is 35.5. The molecule has 1 aromatic heterocycles. The standard InChI is InChI=1S/C23H23ClN2O/c1-27-13-12-16-8-10-19(11-9-16)25-23-15-22(17-4-2-5-18(24)14-17)26-21-7-3-6-20(21)23/h2,4-5,8-11,14-15H,3,6-7,12-13H2,1H3,(H,25,26). The fourth-order valence-corrected chi connectivity index (χ4v) is 3.77. The molecular weight excluding hydrogens is 356 g/mol. The molecule has 1 heterocycles. The predicted molar refractivity (Wildman–Crippen MR) is 112 cm³/mol. The number of rotatable bonds is 6. The van der Waals surface area contributed by atoms with Crippen molar-refractivity contribution >= 4 is 23.0 Å². The second kappa shape index (κ2) is 8.12. The van der Waals surface area contributed by atoms with Crippen LogP contribution in [0.4, 0.5) is 11.4 Å². The van der Waals surface area contributed by atoms with Crippen LogP contribution in [0.15, 0.2) is 54.6 Å². The zero-order valence-corrected chi connectivity index (χ0v) is 16.2. The molecule has 0 saturated carbocycles. The van der Waals surface area contributed by atoms with Crippen LogP contribution in [0.3, 0.4) is 0 Å². The topological polar surface area (TPSA) is 34.1 Å². The molecule has 4 rings (SSSR count). The molecular formula is C23H23ClN2O. The van der Waals surface area contributed by atoms with Crippen molar-refractivity contribution in [2.45, 2.75) is 25.7 Å². The van der Waals surface area contributed by atoms with Gasteiger partial charge in [-0.3, -0.25) is 4.98 Å². The molecule has 2 aromatic carbocycles. The summed E-state index contributed by atoms with van der Waals surface area (Å²) >= 11 is 6.18. The molecule has 0 fully saturated rings. The Morgan fingerprint density at radius 1 is 1.07 bits per heavy atom. The molecule has 0 spiro atoms. The van der Waals surface area contributed by atoms with E-state index in [4.69, 9.17) is 21.3 Å². The molecule has 0 aliphatic heterocycles. The van der Waals surface area contributed by atoms with Crippen molar-refractivity contribution in [3.63, 3.8) is 0 Å². The largest absolute Gasteiger partial charge is 0.384 e. The van der Waals surface area contributed by atoms with E-state index in [1.807, 2.05) is 18.2 Å². The quantitative estimate of drug-likeness (QED) is 0.586. The molecule has 3 aromatic rings. The Hall–Kier alpha value is -2.36. The van der Waals surface area contributed by atoms with Gasteiger partial charge in [0.05, 0.1) is 12.3 Å². The first-order valence-corrected chi connectivity index (χ1v) is 9.74. The first-order chi connectivity index (χ1) is 13.2. The summed E-state index contributed by atoms with van der Waals surface area (Å²) in [6.45, 7) is 0.744. The van der Waals surface area contributed by atoms with Crippen molar-refractivity contribution in [1.82, 2.24) is 4.98 Å². The number of aromatic nitrogens is 1. The number of hydrogen-bond acceptors (Lipinski definition) is 3. The predicted octanol–water partition coefficient (Wildman–Crippen LogP) is 5.82. The second-order valence-electron chi connectivity index (χ2n) is 6.91. The molecule has 1 aliphatic rings. The smallest absolute Gasteiger partial charge is 0.0726 e. The van der Waals surface area contributed by atoms with Crippen molar-refractivity contribution < 1.29 is 4.74 Å². The summed E-state index contributed by atoms with van der Waals surface area (Å²) < 4.78 is 5.15. The van der Waals surface area contributed by atoms with Gasteiger partial charge in [0.15, 0.2) is 0 Å². The molecule has 0 saturated heterocycles. The lowest BCUT2D eigenvalue weighted by atomic mass is 10.1. The van der Waals surface area contributed by atoms with Gasteiger partial charge in [-0.2, -0.15) is 0 Å². The fourth-order valence-electron chi connectivity index (χ4n) is 3.58. The van der Waals surface area contributed by atoms with Crippen molar-refractivity contribution in [2.24, 2.45) is 0 Å². The maximum Gasteiger partial charge on any atom is 0.0726 e. The SMILES string of the molecule is COCCc1ccc(Nc2cc(-c3cccc(Cl)c3)nc3c2CCC3)cc1. The van der Waals surface area contributed by atoms with Crippen LogP contribution in [0.1, 0.15) is 23.2 Å². The number of halogens is 1. The van der Waals surface area contributed by atoms with Gasteiger partial charge in [0.1, 0.15) is 0 Å². The highest BCUT2D eigenvalue weighted by Gasteiger charge is 2.18. The van der Waals surface area contributed by atoms with Crippen molar-refractivity contribution in [3.8, 4) is 11.3 Å². The van der Waals surface area contributed by atoms with E-state index in [9.17, 15) is 0 Å². The Balaban J connectivity index is 1.64. The van der Waals surface area contributed by atoms with Crippen LogP contribution in [-0.2, 0) is 24.0 Å². The van der Waals surface area contributed by atoms with Gasteiger partial charge in [-0.25, -0.2) is 0 Å². The Labute approximate surface area is 165 Å². The number of anilines is 2. The maximum atomic E-state index is 6.18. The summed E-state index contributed by atoms with van der Waals surface area (Å²) in [5, 5.41) is 4.34. The molecule has 4 heteroatoms. The van der Waals surface area contributed by atoms with Crippen LogP contribution in [-0.4, -0.2) is 18.7 Å². The first kappa shape index (κ1) is 18.0. The molecule has 0 atom stereocenters. The molecule has 0 unspecified atom stereocenters. The van der Waals surface area contributed by atoms with Crippen LogP contribution in [0.5, 0.6) is 0 Å². The summed E-state index contributed by atoms with van der Waals surface area (Å²) in [7, 11) is 1.73. The summed E-state index contributed by atoms with van der Waals surface area (Å²) in [5.41, 5.74) is 8.08. The summed E-state index contributed by atoms with van der Waals surface area (Å²) in [6.07, 6.45) is 4.20. The first-order valence-electron chi connectivity index (χ1n) is 9.36. The minimum atomic E-state index is 0.732. The van der Waals surface area contributed by atoms with E-state index >= 15 is 0 Å². The number of pyridine rings is 1. The molecule has 138 valence electrons. The third-order valence-corrected chi connectivity index (χ3v) is 5.23. The maximum absolute atomic E-state index is 6.18. The number of nitrogens with zero attached hydrogens (tertiary/aromatic N) is 1. The lowest BCUT2D eigenvalue weighted by molar-refractivity contribution is 0.202. The molecule has 0 bridgehead atoms. The monoisotopic (exact) mass is 378 g/mol. The Morgan fingerprint density at radius 3 is 2.70 bits per heavy atom. The summed E-state index contributed by atoms with van der Waals surface area (Å²) in [4.78, 5) is 4.90. The number of aryl methyl sites for hydroxylation is 1. The zero-order valence-electron chi connectivity index (χ0n) is 15.5. The lowest BCUT2D eigenvalue weighted by Gasteiger charge is -2.14. The van der Waals surface area contributed by atoms with Gasteiger partial charge in [0.2, 0.25) is 0 Å². The van der Waals surface area contributed by atoms with E-state index in [1.54, 1.807) is 7.11 Å². The van der Waals surface area contributed by atoms with Crippen molar-refractivity contribution in [2.75, 3.05) is 19.0 Å². The van der Waals surface area contributed by atoms with Gasteiger partial charge in [0.25, 0.3) is 0 Å². The molecule has 3 nitrogen and oxygen atoms in total. The van der Waals surface area contributed by atoms with Crippen molar-refractivity contribution in [3.05, 3.63) is 76.4 Å². The van der Waals surface area contributed by atoms with Crippen molar-refractivity contribution in [1.29, 1.82) is 0 Å². The minimum absolute atomic E-state index is 0.732. The van der Waals surface area contributed by atoms with E-state index in [-0.39, 0.29) is 0 Å². The van der Waals surface area contributed by atoms with Gasteiger partial charge < -0.3 is 10.1 Å². The van der Waals surface area contributed by atoms with E-state index in [2.05, 4.69) is 41.7 Å². The molecule has 1 aliphatic carbocycles. The second-order valence-corrected chi connectivity index (χ2v) is 7.35. The highest BCUT2D eigenvalue weighted by Crippen LogP contribution is 2.34. The molecule has 1 N–H and O–H groups in total. The molecule has 0 radical (unpaired) electrons. The lowest BCUT2D eigenvalue weighted by Crippen LogP contribution is -2.00. The number of ether oxygens (including phenoxy) is 1. The summed E-state index contributed by atoms with van der Waals surface area (Å²) in [6, 6.07) is 18.6. The zero-order chi connectivity index (χ0) is 18.6. The Kier molecular flexibility index (Phi) is 5.42. The van der Waals surface area contributed by atoms with E-state index in [0.717, 1.165) is 59.9 Å². The van der Waals surface area contributed by atoms with Crippen LogP contribution >= 0.6 is 11.6 Å². The van der Waals surface area contributed by atoms with E-state index in [0.29, 0.717) is 0 Å². The highest BCUT2D eigenvalue weighted by molar-refractivity contribution is 6.30. The molecule has 27 heavy (non-hydrogen) atoms. The number of fused-ring (bicyclic) bond motifs is 1. The third-order valence-electron chi connectivity index (χ3n) is 5.00. The fraction of sp³-hybridized carbons (Fsp3) is 0.261. The Bertz CT molecular complexity index is 938. The number of methoxy groups -OCH3 is 1. The van der Waals surface area contributed by atoms with Crippen LogP contribution in [0, 0.1) is 0 Å². The molecule has 0 amide bonds. The van der Waals surface area contributed by atoms with Crippen LogP contribution < -0.4 is 5.32 Å². The van der Waals surface area contributed by atoms with Gasteiger partial charge in [-0.05, 0) is 67.1 Å². The normalized spacial score (nSPS) is 12.8. The Morgan fingerprint density at radius 2 is 1.93 bits per heavy atom. The van der Waals surface area contributed by atoms with E-state index < -0.39 is 0 Å². The van der Waals surface area contributed by atoms with Gasteiger partial charge in [-0.1, -0.05) is 35.9 Å². The van der Waals surface area contributed by atoms with Gasteiger partial charge in [-0.15, -0.1) is 0 Å². The number of nitrogens with one attached hydrogen (secondary N) is 1. The van der Waals surface area contributed by atoms with Gasteiger partial charge in [0, 0.05) is 34.8 Å². The summed E-state index contributed by atoms with van der Waals surface area (Å²) in [5.74, 6) is 0. The average Bonchev–Trinajstić information content (AvgIpc) is 3.16. The number of benzene rings is 2. The average molecular weight is 379 g/mol. The minimum Gasteiger partial charge on any atom is -0.384 e. The number of hydrogen-bond donors (Lipinski definition) is 1. The third kappa shape index (κ3) is 4.15. The van der Waals surface area contributed by atoms with E-state index in [1.165, 1.54) is 16.8 Å².